The lowest BCUT2D eigenvalue weighted by Gasteiger charge is -2.35. The van der Waals surface area contributed by atoms with Crippen LogP contribution < -0.4 is 9.64 Å². The van der Waals surface area contributed by atoms with E-state index in [1.54, 1.807) is 18.3 Å². The molecule has 6 heteroatoms. The Hall–Kier alpha value is -3.07. The van der Waals surface area contributed by atoms with Crippen LogP contribution in [0.2, 0.25) is 0 Å². The Morgan fingerprint density at radius 2 is 2.00 bits per heavy atom. The van der Waals surface area contributed by atoms with Crippen LogP contribution in [0.3, 0.4) is 0 Å². The number of nitrogens with zero attached hydrogens (tertiary/aromatic N) is 4. The Bertz CT molecular complexity index is 851. The summed E-state index contributed by atoms with van der Waals surface area (Å²) in [6, 6.07) is 11.3. The first-order chi connectivity index (χ1) is 12.2. The fourth-order valence-corrected chi connectivity index (χ4v) is 3.30. The van der Waals surface area contributed by atoms with Gasteiger partial charge in [0, 0.05) is 44.4 Å². The van der Waals surface area contributed by atoms with Gasteiger partial charge in [0.05, 0.1) is 18.2 Å². The van der Waals surface area contributed by atoms with Crippen LogP contribution in [-0.2, 0) is 6.42 Å². The number of hydrogen-bond donors (Lipinski definition) is 0. The lowest BCUT2D eigenvalue weighted by molar-refractivity contribution is 0.0746. The van der Waals surface area contributed by atoms with E-state index >= 15 is 0 Å². The molecule has 1 fully saturated rings. The number of amides is 1. The van der Waals surface area contributed by atoms with Crippen molar-refractivity contribution >= 4 is 11.7 Å². The van der Waals surface area contributed by atoms with Crippen molar-refractivity contribution in [3.8, 4) is 11.8 Å². The molecule has 2 aliphatic rings. The molecule has 1 saturated heterocycles. The first kappa shape index (κ1) is 15.5. The van der Waals surface area contributed by atoms with E-state index in [0.717, 1.165) is 29.1 Å². The summed E-state index contributed by atoms with van der Waals surface area (Å²) in [5.74, 6) is 1.75. The molecule has 3 heterocycles. The number of anilines is 1. The number of piperazine rings is 1. The highest BCUT2D eigenvalue weighted by Gasteiger charge is 2.24. The zero-order chi connectivity index (χ0) is 17.2. The quantitative estimate of drug-likeness (QED) is 0.838. The number of aromatic nitrogens is 1. The summed E-state index contributed by atoms with van der Waals surface area (Å²) in [4.78, 5) is 21.1. The van der Waals surface area contributed by atoms with Crippen LogP contribution in [0.25, 0.3) is 0 Å². The van der Waals surface area contributed by atoms with Gasteiger partial charge in [-0.25, -0.2) is 4.98 Å². The highest BCUT2D eigenvalue weighted by Crippen LogP contribution is 2.26. The van der Waals surface area contributed by atoms with Crippen LogP contribution in [0.15, 0.2) is 36.5 Å². The standard InChI is InChI=1S/C19H18N4O2/c20-13-14-3-5-21-18(11-14)22-6-8-23(9-7-22)19(24)16-1-2-17-15(12-16)4-10-25-17/h1-3,5,11-12H,4,6-10H2. The predicted molar refractivity (Wildman–Crippen MR) is 92.7 cm³/mol. The van der Waals surface area contributed by atoms with Gasteiger partial charge in [-0.3, -0.25) is 4.79 Å². The van der Waals surface area contributed by atoms with Crippen LogP contribution in [-0.4, -0.2) is 48.6 Å². The van der Waals surface area contributed by atoms with Gasteiger partial charge < -0.3 is 14.5 Å². The number of rotatable bonds is 2. The molecule has 6 nitrogen and oxygen atoms in total. The maximum Gasteiger partial charge on any atom is 0.253 e. The molecule has 4 rings (SSSR count). The molecule has 1 amide bonds. The monoisotopic (exact) mass is 334 g/mol. The SMILES string of the molecule is N#Cc1ccnc(N2CCN(C(=O)c3ccc4c(c3)CCO4)CC2)c1. The van der Waals surface area contributed by atoms with E-state index < -0.39 is 0 Å². The van der Waals surface area contributed by atoms with Gasteiger partial charge in [0.25, 0.3) is 5.91 Å². The van der Waals surface area contributed by atoms with E-state index in [1.807, 2.05) is 23.1 Å². The van der Waals surface area contributed by atoms with Gasteiger partial charge in [0.2, 0.25) is 0 Å². The third-order valence-corrected chi connectivity index (χ3v) is 4.70. The molecular weight excluding hydrogens is 316 g/mol. The van der Waals surface area contributed by atoms with Crippen molar-refractivity contribution < 1.29 is 9.53 Å². The molecule has 0 bridgehead atoms. The molecule has 0 N–H and O–H groups in total. The fourth-order valence-electron chi connectivity index (χ4n) is 3.30. The highest BCUT2D eigenvalue weighted by atomic mass is 16.5. The Labute approximate surface area is 146 Å². The van der Waals surface area contributed by atoms with Crippen LogP contribution >= 0.6 is 0 Å². The molecule has 1 aromatic heterocycles. The molecule has 25 heavy (non-hydrogen) atoms. The van der Waals surface area contributed by atoms with Crippen molar-refractivity contribution in [2.24, 2.45) is 0 Å². The van der Waals surface area contributed by atoms with E-state index in [1.165, 1.54) is 0 Å². The summed E-state index contributed by atoms with van der Waals surface area (Å²) in [7, 11) is 0. The normalized spacial score (nSPS) is 16.1. The van der Waals surface area contributed by atoms with Crippen molar-refractivity contribution in [3.63, 3.8) is 0 Å². The minimum atomic E-state index is 0.0630. The Morgan fingerprint density at radius 3 is 2.80 bits per heavy atom. The molecule has 0 radical (unpaired) electrons. The third kappa shape index (κ3) is 3.01. The Morgan fingerprint density at radius 1 is 1.16 bits per heavy atom. The highest BCUT2D eigenvalue weighted by molar-refractivity contribution is 5.94. The smallest absolute Gasteiger partial charge is 0.253 e. The van der Waals surface area contributed by atoms with Crippen molar-refractivity contribution in [2.75, 3.05) is 37.7 Å². The first-order valence-electron chi connectivity index (χ1n) is 8.41. The number of pyridine rings is 1. The molecule has 0 atom stereocenters. The minimum Gasteiger partial charge on any atom is -0.493 e. The summed E-state index contributed by atoms with van der Waals surface area (Å²) >= 11 is 0. The van der Waals surface area contributed by atoms with Crippen LogP contribution in [0, 0.1) is 11.3 Å². The van der Waals surface area contributed by atoms with Crippen LogP contribution in [0.5, 0.6) is 5.75 Å². The minimum absolute atomic E-state index is 0.0630. The lowest BCUT2D eigenvalue weighted by Crippen LogP contribution is -2.49. The van der Waals surface area contributed by atoms with E-state index in [2.05, 4.69) is 16.0 Å². The number of carbonyl (C=O) groups is 1. The largest absolute Gasteiger partial charge is 0.493 e. The number of hydrogen-bond acceptors (Lipinski definition) is 5. The summed E-state index contributed by atoms with van der Waals surface area (Å²) in [5.41, 5.74) is 2.44. The average Bonchev–Trinajstić information content (AvgIpc) is 3.15. The number of carbonyl (C=O) groups excluding carboxylic acids is 1. The average molecular weight is 334 g/mol. The molecule has 0 spiro atoms. The van der Waals surface area contributed by atoms with Gasteiger partial charge in [-0.15, -0.1) is 0 Å². The van der Waals surface area contributed by atoms with Gasteiger partial charge in [0.15, 0.2) is 0 Å². The lowest BCUT2D eigenvalue weighted by atomic mass is 10.1. The Balaban J connectivity index is 1.43. The van der Waals surface area contributed by atoms with Gasteiger partial charge in [-0.05, 0) is 35.9 Å². The maximum absolute atomic E-state index is 12.8. The zero-order valence-electron chi connectivity index (χ0n) is 13.8. The van der Waals surface area contributed by atoms with Crippen molar-refractivity contribution in [2.45, 2.75) is 6.42 Å². The van der Waals surface area contributed by atoms with Gasteiger partial charge in [0.1, 0.15) is 11.6 Å². The predicted octanol–water partition coefficient (Wildman–Crippen LogP) is 1.85. The third-order valence-electron chi connectivity index (χ3n) is 4.70. The molecular formula is C19H18N4O2. The number of ether oxygens (including phenoxy) is 1. The van der Waals surface area contributed by atoms with Crippen LogP contribution in [0.1, 0.15) is 21.5 Å². The van der Waals surface area contributed by atoms with E-state index in [-0.39, 0.29) is 5.91 Å². The van der Waals surface area contributed by atoms with E-state index in [9.17, 15) is 4.79 Å². The number of nitriles is 1. The first-order valence-corrected chi connectivity index (χ1v) is 8.41. The van der Waals surface area contributed by atoms with E-state index in [4.69, 9.17) is 10.00 Å². The summed E-state index contributed by atoms with van der Waals surface area (Å²) in [5, 5.41) is 9.01. The van der Waals surface area contributed by atoms with Gasteiger partial charge >= 0.3 is 0 Å². The topological polar surface area (TPSA) is 69.5 Å². The van der Waals surface area contributed by atoms with Crippen molar-refractivity contribution in [1.29, 1.82) is 5.26 Å². The van der Waals surface area contributed by atoms with Crippen LogP contribution in [0.4, 0.5) is 5.82 Å². The van der Waals surface area contributed by atoms with Gasteiger partial charge in [-0.2, -0.15) is 5.26 Å². The second-order valence-electron chi connectivity index (χ2n) is 6.21. The molecule has 0 aliphatic carbocycles. The molecule has 126 valence electrons. The molecule has 1 aromatic carbocycles. The van der Waals surface area contributed by atoms with Gasteiger partial charge in [-0.1, -0.05) is 0 Å². The summed E-state index contributed by atoms with van der Waals surface area (Å²) in [6.45, 7) is 3.40. The molecule has 0 unspecified atom stereocenters. The summed E-state index contributed by atoms with van der Waals surface area (Å²) in [6.07, 6.45) is 2.52. The number of benzene rings is 1. The maximum atomic E-state index is 12.8. The number of fused-ring (bicyclic) bond motifs is 1. The van der Waals surface area contributed by atoms with Crippen molar-refractivity contribution in [3.05, 3.63) is 53.2 Å². The molecule has 2 aromatic rings. The molecule has 2 aliphatic heterocycles. The fraction of sp³-hybridized carbons (Fsp3) is 0.316. The second kappa shape index (κ2) is 6.44. The second-order valence-corrected chi connectivity index (χ2v) is 6.21. The zero-order valence-corrected chi connectivity index (χ0v) is 13.8. The van der Waals surface area contributed by atoms with E-state index in [0.29, 0.717) is 38.3 Å². The van der Waals surface area contributed by atoms with Crippen molar-refractivity contribution in [1.82, 2.24) is 9.88 Å². The summed E-state index contributed by atoms with van der Waals surface area (Å²) < 4.78 is 5.50. The molecule has 0 saturated carbocycles. The Kier molecular flexibility index (Phi) is 3.98.